The SMILES string of the molecule is COc1cccc(C(=O)N(C)C(C#N)C(C)C)c1. The maximum atomic E-state index is 12.2. The van der Waals surface area contributed by atoms with Gasteiger partial charge in [-0.05, 0) is 24.1 Å². The van der Waals surface area contributed by atoms with Crippen LogP contribution in [-0.2, 0) is 0 Å². The molecular formula is C14H18N2O2. The molecule has 1 amide bonds. The van der Waals surface area contributed by atoms with E-state index in [1.54, 1.807) is 38.4 Å². The predicted octanol–water partition coefficient (Wildman–Crippen LogP) is 2.32. The number of rotatable bonds is 4. The van der Waals surface area contributed by atoms with E-state index in [2.05, 4.69) is 6.07 Å². The number of methoxy groups -OCH3 is 1. The fraction of sp³-hybridized carbons (Fsp3) is 0.429. The summed E-state index contributed by atoms with van der Waals surface area (Å²) in [6, 6.07) is 8.66. The van der Waals surface area contributed by atoms with Crippen molar-refractivity contribution in [2.24, 2.45) is 5.92 Å². The standard InChI is InChI=1S/C14H18N2O2/c1-10(2)13(9-15)16(3)14(17)11-6-5-7-12(8-11)18-4/h5-8,10,13H,1-4H3. The van der Waals surface area contributed by atoms with Crippen LogP contribution in [0.15, 0.2) is 24.3 Å². The molecule has 1 unspecified atom stereocenters. The molecule has 18 heavy (non-hydrogen) atoms. The lowest BCUT2D eigenvalue weighted by Gasteiger charge is -2.25. The molecule has 1 rings (SSSR count). The Kier molecular flexibility index (Phi) is 4.73. The summed E-state index contributed by atoms with van der Waals surface area (Å²) >= 11 is 0. The van der Waals surface area contributed by atoms with Crippen LogP contribution in [0, 0.1) is 17.2 Å². The largest absolute Gasteiger partial charge is 0.497 e. The molecule has 0 heterocycles. The minimum Gasteiger partial charge on any atom is -0.497 e. The lowest BCUT2D eigenvalue weighted by atomic mass is 10.0. The number of benzene rings is 1. The Bertz CT molecular complexity index is 463. The average Bonchev–Trinajstić information content (AvgIpc) is 2.38. The lowest BCUT2D eigenvalue weighted by Crippen LogP contribution is -2.39. The number of nitriles is 1. The van der Waals surface area contributed by atoms with Gasteiger partial charge in [-0.15, -0.1) is 0 Å². The molecule has 4 nitrogen and oxygen atoms in total. The van der Waals surface area contributed by atoms with E-state index in [4.69, 9.17) is 10.00 Å². The van der Waals surface area contributed by atoms with Crippen molar-refractivity contribution >= 4 is 5.91 Å². The Morgan fingerprint density at radius 2 is 2.11 bits per heavy atom. The monoisotopic (exact) mass is 246 g/mol. The molecule has 0 saturated carbocycles. The number of amides is 1. The first kappa shape index (κ1) is 14.0. The molecule has 1 aromatic carbocycles. The first-order chi connectivity index (χ1) is 8.51. The second-order valence-corrected chi connectivity index (χ2v) is 4.47. The third-order valence-corrected chi connectivity index (χ3v) is 2.82. The zero-order valence-corrected chi connectivity index (χ0v) is 11.2. The zero-order chi connectivity index (χ0) is 13.7. The van der Waals surface area contributed by atoms with Crippen LogP contribution in [0.25, 0.3) is 0 Å². The normalized spacial score (nSPS) is 11.8. The molecule has 0 aliphatic heterocycles. The summed E-state index contributed by atoms with van der Waals surface area (Å²) < 4.78 is 5.08. The molecule has 96 valence electrons. The van der Waals surface area contributed by atoms with Gasteiger partial charge in [0.05, 0.1) is 13.2 Å². The number of hydrogen-bond acceptors (Lipinski definition) is 3. The van der Waals surface area contributed by atoms with Crippen molar-refractivity contribution in [3.05, 3.63) is 29.8 Å². The molecular weight excluding hydrogens is 228 g/mol. The van der Waals surface area contributed by atoms with Crippen LogP contribution < -0.4 is 4.74 Å². The molecule has 0 aromatic heterocycles. The summed E-state index contributed by atoms with van der Waals surface area (Å²) in [5, 5.41) is 9.09. The van der Waals surface area contributed by atoms with Gasteiger partial charge >= 0.3 is 0 Å². The van der Waals surface area contributed by atoms with Gasteiger partial charge in [-0.25, -0.2) is 0 Å². The Labute approximate surface area is 108 Å². The Balaban J connectivity index is 2.96. The number of nitrogens with zero attached hydrogens (tertiary/aromatic N) is 2. The van der Waals surface area contributed by atoms with E-state index in [0.717, 1.165) is 0 Å². The minimum atomic E-state index is -0.427. The molecule has 1 atom stereocenters. The van der Waals surface area contributed by atoms with E-state index in [0.29, 0.717) is 11.3 Å². The molecule has 1 aromatic rings. The molecule has 0 N–H and O–H groups in total. The van der Waals surface area contributed by atoms with Gasteiger partial charge in [0.2, 0.25) is 0 Å². The zero-order valence-electron chi connectivity index (χ0n) is 11.2. The van der Waals surface area contributed by atoms with Gasteiger partial charge in [0.15, 0.2) is 0 Å². The fourth-order valence-corrected chi connectivity index (χ4v) is 1.77. The second kappa shape index (κ2) is 6.06. The first-order valence-electron chi connectivity index (χ1n) is 5.82. The van der Waals surface area contributed by atoms with Crippen molar-refractivity contribution in [3.63, 3.8) is 0 Å². The predicted molar refractivity (Wildman–Crippen MR) is 69.3 cm³/mol. The van der Waals surface area contributed by atoms with Crippen molar-refractivity contribution in [2.75, 3.05) is 14.2 Å². The quantitative estimate of drug-likeness (QED) is 0.819. The third-order valence-electron chi connectivity index (χ3n) is 2.82. The minimum absolute atomic E-state index is 0.0922. The summed E-state index contributed by atoms with van der Waals surface area (Å²) in [6.45, 7) is 3.84. The van der Waals surface area contributed by atoms with Crippen LogP contribution >= 0.6 is 0 Å². The molecule has 0 spiro atoms. The number of ether oxygens (including phenoxy) is 1. The lowest BCUT2D eigenvalue weighted by molar-refractivity contribution is 0.0735. The average molecular weight is 246 g/mol. The van der Waals surface area contributed by atoms with Crippen molar-refractivity contribution in [1.82, 2.24) is 4.90 Å². The van der Waals surface area contributed by atoms with Crippen LogP contribution in [0.4, 0.5) is 0 Å². The molecule has 0 bridgehead atoms. The van der Waals surface area contributed by atoms with Crippen LogP contribution in [0.2, 0.25) is 0 Å². The van der Waals surface area contributed by atoms with Crippen LogP contribution in [0.3, 0.4) is 0 Å². The number of hydrogen-bond donors (Lipinski definition) is 0. The molecule has 0 aliphatic carbocycles. The highest BCUT2D eigenvalue weighted by Gasteiger charge is 2.23. The highest BCUT2D eigenvalue weighted by molar-refractivity contribution is 5.94. The Hall–Kier alpha value is -2.02. The van der Waals surface area contributed by atoms with E-state index >= 15 is 0 Å². The topological polar surface area (TPSA) is 53.3 Å². The molecule has 0 saturated heterocycles. The summed E-state index contributed by atoms with van der Waals surface area (Å²) in [4.78, 5) is 13.7. The summed E-state index contributed by atoms with van der Waals surface area (Å²) in [6.07, 6.45) is 0. The maximum absolute atomic E-state index is 12.2. The molecule has 0 aliphatic rings. The first-order valence-corrected chi connectivity index (χ1v) is 5.82. The number of carbonyl (C=O) groups excluding carboxylic acids is 1. The molecule has 0 radical (unpaired) electrons. The van der Waals surface area contributed by atoms with Crippen LogP contribution in [0.1, 0.15) is 24.2 Å². The van der Waals surface area contributed by atoms with E-state index < -0.39 is 6.04 Å². The summed E-state index contributed by atoms with van der Waals surface area (Å²) in [5.74, 6) is 0.552. The highest BCUT2D eigenvalue weighted by Crippen LogP contribution is 2.16. The smallest absolute Gasteiger partial charge is 0.254 e. The van der Waals surface area contributed by atoms with Gasteiger partial charge < -0.3 is 9.64 Å². The summed E-state index contributed by atoms with van der Waals surface area (Å²) in [5.41, 5.74) is 0.526. The highest BCUT2D eigenvalue weighted by atomic mass is 16.5. The van der Waals surface area contributed by atoms with Crippen LogP contribution in [0.5, 0.6) is 5.75 Å². The van der Waals surface area contributed by atoms with Crippen molar-refractivity contribution in [1.29, 1.82) is 5.26 Å². The van der Waals surface area contributed by atoms with E-state index in [1.165, 1.54) is 4.90 Å². The maximum Gasteiger partial charge on any atom is 0.254 e. The van der Waals surface area contributed by atoms with Crippen molar-refractivity contribution in [3.8, 4) is 11.8 Å². The number of carbonyl (C=O) groups is 1. The molecule has 4 heteroatoms. The van der Waals surface area contributed by atoms with Crippen molar-refractivity contribution < 1.29 is 9.53 Å². The van der Waals surface area contributed by atoms with Gasteiger partial charge in [0.1, 0.15) is 11.8 Å². The van der Waals surface area contributed by atoms with Gasteiger partial charge in [-0.2, -0.15) is 5.26 Å². The fourth-order valence-electron chi connectivity index (χ4n) is 1.77. The van der Waals surface area contributed by atoms with E-state index in [9.17, 15) is 4.79 Å². The second-order valence-electron chi connectivity index (χ2n) is 4.47. The third kappa shape index (κ3) is 3.01. The molecule has 0 fully saturated rings. The van der Waals surface area contributed by atoms with E-state index in [-0.39, 0.29) is 11.8 Å². The van der Waals surface area contributed by atoms with Gasteiger partial charge in [-0.1, -0.05) is 19.9 Å². The van der Waals surface area contributed by atoms with E-state index in [1.807, 2.05) is 13.8 Å². The Morgan fingerprint density at radius 3 is 2.61 bits per heavy atom. The van der Waals surface area contributed by atoms with Gasteiger partial charge in [0, 0.05) is 12.6 Å². The summed E-state index contributed by atoms with van der Waals surface area (Å²) in [7, 11) is 3.20. The van der Waals surface area contributed by atoms with Crippen molar-refractivity contribution in [2.45, 2.75) is 19.9 Å². The van der Waals surface area contributed by atoms with Gasteiger partial charge in [-0.3, -0.25) is 4.79 Å². The van der Waals surface area contributed by atoms with Gasteiger partial charge in [0.25, 0.3) is 5.91 Å². The van der Waals surface area contributed by atoms with Crippen LogP contribution in [-0.4, -0.2) is 31.0 Å². The Morgan fingerprint density at radius 1 is 1.44 bits per heavy atom.